The lowest BCUT2D eigenvalue weighted by Crippen LogP contribution is -2.56. The molecule has 0 saturated heterocycles. The van der Waals surface area contributed by atoms with Crippen molar-refractivity contribution in [2.45, 2.75) is 31.3 Å². The summed E-state index contributed by atoms with van der Waals surface area (Å²) in [6.45, 7) is 1.85. The summed E-state index contributed by atoms with van der Waals surface area (Å²) >= 11 is 0. The van der Waals surface area contributed by atoms with Crippen LogP contribution >= 0.6 is 0 Å². The van der Waals surface area contributed by atoms with Crippen LogP contribution in [-0.2, 0) is 13.6 Å². The van der Waals surface area contributed by atoms with Crippen LogP contribution in [0.15, 0.2) is 6.20 Å². The van der Waals surface area contributed by atoms with Crippen LogP contribution in [0.3, 0.4) is 0 Å². The SMILES string of the molecule is CN(C)C1(CNCc2cn(C)nn2)CCC1. The van der Waals surface area contributed by atoms with Crippen molar-refractivity contribution in [1.29, 1.82) is 0 Å². The van der Waals surface area contributed by atoms with E-state index in [2.05, 4.69) is 34.6 Å². The first kappa shape index (κ1) is 11.5. The van der Waals surface area contributed by atoms with Crippen LogP contribution < -0.4 is 5.32 Å². The first-order valence-corrected chi connectivity index (χ1v) is 5.86. The van der Waals surface area contributed by atoms with Crippen LogP contribution in [0.5, 0.6) is 0 Å². The molecular weight excluding hydrogens is 202 g/mol. The first-order chi connectivity index (χ1) is 7.62. The number of aromatic nitrogens is 3. The molecule has 5 nitrogen and oxygen atoms in total. The number of likely N-dealkylation sites (N-methyl/N-ethyl adjacent to an activating group) is 1. The molecule has 0 atom stereocenters. The molecule has 0 spiro atoms. The van der Waals surface area contributed by atoms with E-state index in [9.17, 15) is 0 Å². The Bertz CT molecular complexity index is 340. The van der Waals surface area contributed by atoms with E-state index in [1.807, 2.05) is 13.2 Å². The minimum absolute atomic E-state index is 0.377. The maximum atomic E-state index is 4.06. The van der Waals surface area contributed by atoms with Crippen molar-refractivity contribution in [3.63, 3.8) is 0 Å². The van der Waals surface area contributed by atoms with Crippen molar-refractivity contribution in [3.05, 3.63) is 11.9 Å². The van der Waals surface area contributed by atoms with E-state index in [0.29, 0.717) is 5.54 Å². The zero-order chi connectivity index (χ0) is 11.6. The third-order valence-electron chi connectivity index (χ3n) is 3.64. The van der Waals surface area contributed by atoms with Crippen LogP contribution in [0.25, 0.3) is 0 Å². The second kappa shape index (κ2) is 4.51. The van der Waals surface area contributed by atoms with Crippen LogP contribution in [-0.4, -0.2) is 46.1 Å². The van der Waals surface area contributed by atoms with Gasteiger partial charge in [0.15, 0.2) is 0 Å². The van der Waals surface area contributed by atoms with Crippen molar-refractivity contribution in [2.75, 3.05) is 20.6 Å². The molecule has 2 rings (SSSR count). The second-order valence-electron chi connectivity index (χ2n) is 4.96. The molecule has 16 heavy (non-hydrogen) atoms. The third kappa shape index (κ3) is 2.25. The van der Waals surface area contributed by atoms with E-state index in [0.717, 1.165) is 18.8 Å². The van der Waals surface area contributed by atoms with Gasteiger partial charge in [-0.2, -0.15) is 0 Å². The largest absolute Gasteiger partial charge is 0.309 e. The second-order valence-corrected chi connectivity index (χ2v) is 4.96. The molecule has 0 radical (unpaired) electrons. The summed E-state index contributed by atoms with van der Waals surface area (Å²) < 4.78 is 1.74. The summed E-state index contributed by atoms with van der Waals surface area (Å²) in [5, 5.41) is 11.5. The topological polar surface area (TPSA) is 46.0 Å². The van der Waals surface area contributed by atoms with Gasteiger partial charge >= 0.3 is 0 Å². The van der Waals surface area contributed by atoms with Gasteiger partial charge in [-0.25, -0.2) is 0 Å². The Kier molecular flexibility index (Phi) is 3.25. The number of aryl methyl sites for hydroxylation is 1. The third-order valence-corrected chi connectivity index (χ3v) is 3.64. The monoisotopic (exact) mass is 223 g/mol. The number of nitrogens with one attached hydrogen (secondary N) is 1. The molecule has 1 aromatic heterocycles. The number of nitrogens with zero attached hydrogens (tertiary/aromatic N) is 4. The summed E-state index contributed by atoms with van der Waals surface area (Å²) in [7, 11) is 6.23. The summed E-state index contributed by atoms with van der Waals surface area (Å²) in [6, 6.07) is 0. The Morgan fingerprint density at radius 1 is 1.50 bits per heavy atom. The van der Waals surface area contributed by atoms with Crippen molar-refractivity contribution in [1.82, 2.24) is 25.2 Å². The summed E-state index contributed by atoms with van der Waals surface area (Å²) in [5.74, 6) is 0. The number of hydrogen-bond donors (Lipinski definition) is 1. The molecule has 1 aliphatic rings. The molecule has 0 aromatic carbocycles. The predicted molar refractivity (Wildman–Crippen MR) is 63.0 cm³/mol. The van der Waals surface area contributed by atoms with E-state index >= 15 is 0 Å². The molecule has 1 fully saturated rings. The molecule has 0 amide bonds. The lowest BCUT2D eigenvalue weighted by atomic mass is 9.75. The quantitative estimate of drug-likeness (QED) is 0.784. The number of rotatable bonds is 5. The number of hydrogen-bond acceptors (Lipinski definition) is 4. The van der Waals surface area contributed by atoms with Crippen molar-refractivity contribution < 1.29 is 0 Å². The average Bonchev–Trinajstić information content (AvgIpc) is 2.55. The van der Waals surface area contributed by atoms with Gasteiger partial charge in [0.1, 0.15) is 0 Å². The Morgan fingerprint density at radius 3 is 2.69 bits per heavy atom. The molecular formula is C11H21N5. The van der Waals surface area contributed by atoms with Gasteiger partial charge in [0.2, 0.25) is 0 Å². The van der Waals surface area contributed by atoms with Crippen LogP contribution in [0.2, 0.25) is 0 Å². The standard InChI is InChI=1S/C11H21N5/c1-15(2)11(5-4-6-11)9-12-7-10-8-16(3)14-13-10/h8,12H,4-7,9H2,1-3H3. The van der Waals surface area contributed by atoms with E-state index < -0.39 is 0 Å². The van der Waals surface area contributed by atoms with Gasteiger partial charge in [0, 0.05) is 31.9 Å². The molecule has 90 valence electrons. The van der Waals surface area contributed by atoms with E-state index in [1.54, 1.807) is 4.68 Å². The molecule has 0 aliphatic heterocycles. The highest BCUT2D eigenvalue weighted by atomic mass is 15.4. The van der Waals surface area contributed by atoms with Gasteiger partial charge in [-0.05, 0) is 33.4 Å². The van der Waals surface area contributed by atoms with Gasteiger partial charge in [-0.3, -0.25) is 4.68 Å². The smallest absolute Gasteiger partial charge is 0.0964 e. The maximum Gasteiger partial charge on any atom is 0.0964 e. The summed E-state index contributed by atoms with van der Waals surface area (Å²) in [6.07, 6.45) is 5.90. The first-order valence-electron chi connectivity index (χ1n) is 5.86. The fourth-order valence-electron chi connectivity index (χ4n) is 2.27. The molecule has 1 aromatic rings. The average molecular weight is 223 g/mol. The Balaban J connectivity index is 1.79. The van der Waals surface area contributed by atoms with Crippen molar-refractivity contribution >= 4 is 0 Å². The van der Waals surface area contributed by atoms with E-state index in [4.69, 9.17) is 0 Å². The van der Waals surface area contributed by atoms with Crippen molar-refractivity contribution in [3.8, 4) is 0 Å². The molecule has 5 heteroatoms. The molecule has 1 aliphatic carbocycles. The van der Waals surface area contributed by atoms with Crippen LogP contribution in [0.4, 0.5) is 0 Å². The van der Waals surface area contributed by atoms with Gasteiger partial charge in [-0.1, -0.05) is 5.21 Å². The lowest BCUT2D eigenvalue weighted by Gasteiger charge is -2.47. The van der Waals surface area contributed by atoms with Gasteiger partial charge in [-0.15, -0.1) is 5.10 Å². The minimum atomic E-state index is 0.377. The Morgan fingerprint density at radius 2 is 2.25 bits per heavy atom. The lowest BCUT2D eigenvalue weighted by molar-refractivity contribution is 0.0597. The fraction of sp³-hybridized carbons (Fsp3) is 0.818. The Hall–Kier alpha value is -0.940. The van der Waals surface area contributed by atoms with Crippen LogP contribution in [0, 0.1) is 0 Å². The highest BCUT2D eigenvalue weighted by molar-refractivity contribution is 4.99. The zero-order valence-corrected chi connectivity index (χ0v) is 10.4. The molecule has 0 bridgehead atoms. The molecule has 1 N–H and O–H groups in total. The zero-order valence-electron chi connectivity index (χ0n) is 10.4. The van der Waals surface area contributed by atoms with Gasteiger partial charge in [0.25, 0.3) is 0 Å². The molecule has 1 saturated carbocycles. The van der Waals surface area contributed by atoms with Crippen LogP contribution in [0.1, 0.15) is 25.0 Å². The molecule has 1 heterocycles. The fourth-order valence-corrected chi connectivity index (χ4v) is 2.27. The summed E-state index contributed by atoms with van der Waals surface area (Å²) in [4.78, 5) is 2.35. The minimum Gasteiger partial charge on any atom is -0.309 e. The van der Waals surface area contributed by atoms with Crippen molar-refractivity contribution in [2.24, 2.45) is 7.05 Å². The molecule has 0 unspecified atom stereocenters. The van der Waals surface area contributed by atoms with Gasteiger partial charge in [0.05, 0.1) is 5.69 Å². The maximum absolute atomic E-state index is 4.06. The van der Waals surface area contributed by atoms with E-state index in [-0.39, 0.29) is 0 Å². The predicted octanol–water partition coefficient (Wildman–Crippen LogP) is 0.389. The van der Waals surface area contributed by atoms with Gasteiger partial charge < -0.3 is 10.2 Å². The summed E-state index contributed by atoms with van der Waals surface area (Å²) in [5.41, 5.74) is 1.39. The normalized spacial score (nSPS) is 18.8. The highest BCUT2D eigenvalue weighted by Crippen LogP contribution is 2.35. The highest BCUT2D eigenvalue weighted by Gasteiger charge is 2.38. The Labute approximate surface area is 96.8 Å². The van der Waals surface area contributed by atoms with E-state index in [1.165, 1.54) is 19.3 Å².